The minimum Gasteiger partial charge on any atom is -0.450 e. The highest BCUT2D eigenvalue weighted by atomic mass is 79.9. The average molecular weight is 322 g/mol. The van der Waals surface area contributed by atoms with Gasteiger partial charge < -0.3 is 10.1 Å². The lowest BCUT2D eigenvalue weighted by molar-refractivity contribution is 0.158. The highest BCUT2D eigenvalue weighted by Crippen LogP contribution is 2.19. The minimum atomic E-state index is -0.664. The van der Waals surface area contributed by atoms with E-state index < -0.39 is 11.9 Å². The van der Waals surface area contributed by atoms with Crippen molar-refractivity contribution in [3.8, 4) is 0 Å². The lowest BCUT2D eigenvalue weighted by atomic mass is 10.4. The van der Waals surface area contributed by atoms with Crippen LogP contribution < -0.4 is 10.6 Å². The Morgan fingerprint density at radius 3 is 3.00 bits per heavy atom. The molecule has 0 spiro atoms. The Bertz CT molecular complexity index is 444. The predicted octanol–water partition coefficient (Wildman–Crippen LogP) is 2.43. The molecule has 17 heavy (non-hydrogen) atoms. The number of ether oxygens (including phenoxy) is 1. The van der Waals surface area contributed by atoms with E-state index in [1.807, 2.05) is 0 Å². The topological polar surface area (TPSA) is 63.2 Å². The average Bonchev–Trinajstić information content (AvgIpc) is 2.22. The van der Waals surface area contributed by atoms with Gasteiger partial charge in [0.1, 0.15) is 11.6 Å². The first-order chi connectivity index (χ1) is 8.02. The Balaban J connectivity index is 2.59. The van der Waals surface area contributed by atoms with E-state index in [-0.39, 0.29) is 11.7 Å². The van der Waals surface area contributed by atoms with Gasteiger partial charge in [0.15, 0.2) is 5.11 Å². The molecule has 1 aromatic heterocycles. The first-order valence-electron chi connectivity index (χ1n) is 4.58. The summed E-state index contributed by atoms with van der Waals surface area (Å²) in [5.74, 6) is -0.181. The van der Waals surface area contributed by atoms with Gasteiger partial charge in [-0.15, -0.1) is 0 Å². The molecule has 1 heterocycles. The molecular weight excluding hydrogens is 313 g/mol. The predicted molar refractivity (Wildman–Crippen MR) is 68.3 cm³/mol. The molecule has 5 nitrogen and oxygen atoms in total. The Morgan fingerprint density at radius 2 is 2.41 bits per heavy atom. The van der Waals surface area contributed by atoms with Crippen LogP contribution in [0.2, 0.25) is 0 Å². The summed E-state index contributed by atoms with van der Waals surface area (Å²) in [6, 6.07) is 1.22. The molecule has 1 aromatic rings. The minimum absolute atomic E-state index is 0.0169. The number of rotatable bonds is 2. The van der Waals surface area contributed by atoms with Gasteiger partial charge in [-0.05, 0) is 41.1 Å². The Labute approximate surface area is 111 Å². The van der Waals surface area contributed by atoms with Gasteiger partial charge in [0, 0.05) is 0 Å². The first kappa shape index (κ1) is 13.8. The molecule has 1 rings (SSSR count). The smallest absolute Gasteiger partial charge is 0.413 e. The van der Waals surface area contributed by atoms with Gasteiger partial charge in [-0.1, -0.05) is 0 Å². The second kappa shape index (κ2) is 6.45. The van der Waals surface area contributed by atoms with Crippen molar-refractivity contribution in [1.29, 1.82) is 0 Å². The fraction of sp³-hybridized carbons (Fsp3) is 0.222. The highest BCUT2D eigenvalue weighted by Gasteiger charge is 2.08. The summed E-state index contributed by atoms with van der Waals surface area (Å²) >= 11 is 7.95. The molecule has 0 saturated carbocycles. The molecular formula is C9H9BrFN3O2S. The van der Waals surface area contributed by atoms with Gasteiger partial charge in [0.05, 0.1) is 17.3 Å². The maximum absolute atomic E-state index is 12.8. The molecule has 0 atom stereocenters. The summed E-state index contributed by atoms with van der Waals surface area (Å²) in [4.78, 5) is 14.8. The number of anilines is 1. The zero-order valence-electron chi connectivity index (χ0n) is 8.79. The summed E-state index contributed by atoms with van der Waals surface area (Å²) in [5.41, 5.74) is 0. The zero-order chi connectivity index (χ0) is 12.8. The summed E-state index contributed by atoms with van der Waals surface area (Å²) in [7, 11) is 0. The lowest BCUT2D eigenvalue weighted by Gasteiger charge is -2.09. The van der Waals surface area contributed by atoms with Crippen molar-refractivity contribution >= 4 is 45.2 Å². The van der Waals surface area contributed by atoms with E-state index in [0.717, 1.165) is 6.20 Å². The number of hydrogen-bond donors (Lipinski definition) is 2. The molecule has 0 aliphatic rings. The monoisotopic (exact) mass is 321 g/mol. The number of thiocarbonyl (C=S) groups is 1. The van der Waals surface area contributed by atoms with Crippen LogP contribution in [0.25, 0.3) is 0 Å². The van der Waals surface area contributed by atoms with E-state index >= 15 is 0 Å². The number of carbonyl (C=O) groups is 1. The van der Waals surface area contributed by atoms with Crippen LogP contribution >= 0.6 is 28.1 Å². The normalized spacial score (nSPS) is 9.59. The van der Waals surface area contributed by atoms with Gasteiger partial charge in [0.25, 0.3) is 0 Å². The van der Waals surface area contributed by atoms with Crippen LogP contribution in [-0.4, -0.2) is 22.8 Å². The van der Waals surface area contributed by atoms with Gasteiger partial charge in [-0.25, -0.2) is 14.2 Å². The van der Waals surface area contributed by atoms with Gasteiger partial charge in [-0.3, -0.25) is 5.32 Å². The SMILES string of the molecule is CCOC(=O)NC(=S)Nc1ncc(F)cc1Br. The van der Waals surface area contributed by atoms with Crippen molar-refractivity contribution in [3.05, 3.63) is 22.6 Å². The van der Waals surface area contributed by atoms with Crippen molar-refractivity contribution in [2.24, 2.45) is 0 Å². The molecule has 1 amide bonds. The molecule has 0 aliphatic carbocycles. The number of nitrogens with zero attached hydrogens (tertiary/aromatic N) is 1. The molecule has 8 heteroatoms. The quantitative estimate of drug-likeness (QED) is 0.819. The number of nitrogens with one attached hydrogen (secondary N) is 2. The number of pyridine rings is 1. The molecule has 0 unspecified atom stereocenters. The summed E-state index contributed by atoms with van der Waals surface area (Å²) in [6.45, 7) is 1.92. The fourth-order valence-electron chi connectivity index (χ4n) is 0.905. The number of amides is 1. The fourth-order valence-corrected chi connectivity index (χ4v) is 1.51. The molecule has 0 aromatic carbocycles. The highest BCUT2D eigenvalue weighted by molar-refractivity contribution is 9.10. The summed E-state index contributed by atoms with van der Waals surface area (Å²) in [5, 5.41) is 4.91. The maximum Gasteiger partial charge on any atom is 0.413 e. The Morgan fingerprint density at radius 1 is 1.71 bits per heavy atom. The standard InChI is InChI=1S/C9H9BrFN3O2S/c1-2-16-9(15)14-8(17)13-7-6(10)3-5(11)4-12-7/h3-4H,2H2,1H3,(H2,12,13,14,15,17). The number of alkyl carbamates (subject to hydrolysis) is 1. The molecule has 92 valence electrons. The van der Waals surface area contributed by atoms with Crippen LogP contribution in [0, 0.1) is 5.82 Å². The van der Waals surface area contributed by atoms with E-state index in [1.165, 1.54) is 6.07 Å². The van der Waals surface area contributed by atoms with Gasteiger partial charge in [-0.2, -0.15) is 0 Å². The van der Waals surface area contributed by atoms with Gasteiger partial charge in [0.2, 0.25) is 0 Å². The lowest BCUT2D eigenvalue weighted by Crippen LogP contribution is -2.34. The van der Waals surface area contributed by atoms with Crippen molar-refractivity contribution < 1.29 is 13.9 Å². The van der Waals surface area contributed by atoms with E-state index in [2.05, 4.69) is 36.3 Å². The third-order valence-corrected chi connectivity index (χ3v) is 2.34. The largest absolute Gasteiger partial charge is 0.450 e. The van der Waals surface area contributed by atoms with Crippen LogP contribution in [0.3, 0.4) is 0 Å². The van der Waals surface area contributed by atoms with Crippen LogP contribution in [-0.2, 0) is 4.74 Å². The molecule has 0 fully saturated rings. The van der Waals surface area contributed by atoms with Crippen LogP contribution in [0.5, 0.6) is 0 Å². The molecule has 0 radical (unpaired) electrons. The molecule has 0 bridgehead atoms. The number of hydrogen-bond acceptors (Lipinski definition) is 4. The van der Waals surface area contributed by atoms with Crippen LogP contribution in [0.4, 0.5) is 15.0 Å². The van der Waals surface area contributed by atoms with Crippen molar-refractivity contribution in [2.45, 2.75) is 6.92 Å². The summed E-state index contributed by atoms with van der Waals surface area (Å²) in [6.07, 6.45) is 0.364. The molecule has 0 aliphatic heterocycles. The second-order valence-corrected chi connectivity index (χ2v) is 4.05. The van der Waals surface area contributed by atoms with Gasteiger partial charge >= 0.3 is 6.09 Å². The van der Waals surface area contributed by atoms with E-state index in [0.29, 0.717) is 10.3 Å². The van der Waals surface area contributed by atoms with E-state index in [1.54, 1.807) is 6.92 Å². The van der Waals surface area contributed by atoms with Crippen molar-refractivity contribution in [3.63, 3.8) is 0 Å². The van der Waals surface area contributed by atoms with Crippen molar-refractivity contribution in [1.82, 2.24) is 10.3 Å². The maximum atomic E-state index is 12.8. The van der Waals surface area contributed by atoms with Crippen LogP contribution in [0.15, 0.2) is 16.7 Å². The number of aromatic nitrogens is 1. The van der Waals surface area contributed by atoms with E-state index in [4.69, 9.17) is 12.2 Å². The Hall–Kier alpha value is -1.28. The first-order valence-corrected chi connectivity index (χ1v) is 5.79. The molecule has 2 N–H and O–H groups in total. The zero-order valence-corrected chi connectivity index (χ0v) is 11.2. The third-order valence-electron chi connectivity index (χ3n) is 1.53. The third kappa shape index (κ3) is 4.61. The Kier molecular flexibility index (Phi) is 5.23. The van der Waals surface area contributed by atoms with Crippen LogP contribution in [0.1, 0.15) is 6.92 Å². The molecule has 0 saturated heterocycles. The van der Waals surface area contributed by atoms with Crippen molar-refractivity contribution in [2.75, 3.05) is 11.9 Å². The van der Waals surface area contributed by atoms with E-state index in [9.17, 15) is 9.18 Å². The second-order valence-electron chi connectivity index (χ2n) is 2.78. The number of halogens is 2. The number of carbonyl (C=O) groups excluding carboxylic acids is 1. The summed E-state index contributed by atoms with van der Waals surface area (Å²) < 4.78 is 17.8.